The summed E-state index contributed by atoms with van der Waals surface area (Å²) < 4.78 is 19.1. The van der Waals surface area contributed by atoms with Crippen LogP contribution in [0, 0.1) is 5.82 Å². The van der Waals surface area contributed by atoms with Gasteiger partial charge < -0.3 is 20.3 Å². The van der Waals surface area contributed by atoms with Gasteiger partial charge in [-0.3, -0.25) is 0 Å². The van der Waals surface area contributed by atoms with Crippen LogP contribution in [0.1, 0.15) is 17.3 Å². The monoisotopic (exact) mass is 432 g/mol. The van der Waals surface area contributed by atoms with Gasteiger partial charge in [-0.15, -0.1) is 0 Å². The van der Waals surface area contributed by atoms with Crippen molar-refractivity contribution >= 4 is 22.6 Å². The number of nitrogens with one attached hydrogen (secondary N) is 1. The Morgan fingerprint density at radius 1 is 1.00 bits per heavy atom. The molecule has 0 aliphatic rings. The largest absolute Gasteiger partial charge is 0.487 e. The number of hydrogen-bond acceptors (Lipinski definition) is 5. The number of aliphatic hydroxyl groups is 1. The first-order chi connectivity index (χ1) is 15.5. The van der Waals surface area contributed by atoms with Crippen LogP contribution in [0.2, 0.25) is 0 Å². The summed E-state index contributed by atoms with van der Waals surface area (Å²) in [5.41, 5.74) is 2.64. The van der Waals surface area contributed by atoms with Crippen LogP contribution in [-0.2, 0) is 11.4 Å². The number of aliphatic hydroxyl groups excluding tert-OH is 1. The molecule has 162 valence electrons. The van der Waals surface area contributed by atoms with Gasteiger partial charge >= 0.3 is 5.97 Å². The number of benzene rings is 3. The minimum absolute atomic E-state index is 0.257. The molecular weight excluding hydrogens is 411 g/mol. The zero-order valence-electron chi connectivity index (χ0n) is 17.0. The fourth-order valence-electron chi connectivity index (χ4n) is 3.36. The minimum atomic E-state index is -1.73. The van der Waals surface area contributed by atoms with E-state index in [-0.39, 0.29) is 6.61 Å². The van der Waals surface area contributed by atoms with Gasteiger partial charge in [0.2, 0.25) is 0 Å². The van der Waals surface area contributed by atoms with Crippen molar-refractivity contribution in [3.63, 3.8) is 0 Å². The number of nitrogens with zero attached hydrogens (tertiary/aromatic N) is 1. The molecule has 6 nitrogen and oxygen atoms in total. The Morgan fingerprint density at radius 2 is 1.78 bits per heavy atom. The van der Waals surface area contributed by atoms with Gasteiger partial charge in [0.25, 0.3) is 0 Å². The number of fused-ring (bicyclic) bond motifs is 1. The van der Waals surface area contributed by atoms with Crippen molar-refractivity contribution in [1.29, 1.82) is 0 Å². The normalized spacial score (nSPS) is 12.8. The number of hydrogen-bond donors (Lipinski definition) is 3. The molecular formula is C25H21FN2O4. The molecule has 0 amide bonds. The smallest absolute Gasteiger partial charge is 0.335 e. The molecule has 7 heteroatoms. The van der Waals surface area contributed by atoms with E-state index >= 15 is 0 Å². The van der Waals surface area contributed by atoms with Crippen LogP contribution in [0.15, 0.2) is 84.9 Å². The van der Waals surface area contributed by atoms with Crippen molar-refractivity contribution < 1.29 is 24.1 Å². The summed E-state index contributed by atoms with van der Waals surface area (Å²) in [4.78, 5) is 16.0. The topological polar surface area (TPSA) is 91.7 Å². The Bertz CT molecular complexity index is 1230. The molecule has 0 aliphatic heterocycles. The van der Waals surface area contributed by atoms with Crippen LogP contribution in [0.5, 0.6) is 5.75 Å². The zero-order valence-corrected chi connectivity index (χ0v) is 17.0. The van der Waals surface area contributed by atoms with Crippen molar-refractivity contribution in [2.24, 2.45) is 0 Å². The predicted octanol–water partition coefficient (Wildman–Crippen LogP) is 4.55. The molecule has 1 heterocycles. The summed E-state index contributed by atoms with van der Waals surface area (Å²) in [7, 11) is 0. The third-order valence-corrected chi connectivity index (χ3v) is 5.00. The summed E-state index contributed by atoms with van der Waals surface area (Å²) >= 11 is 0. The molecule has 0 spiro atoms. The highest BCUT2D eigenvalue weighted by Crippen LogP contribution is 2.26. The lowest BCUT2D eigenvalue weighted by atomic mass is 10.0. The van der Waals surface area contributed by atoms with Gasteiger partial charge in [0, 0.05) is 17.1 Å². The van der Waals surface area contributed by atoms with E-state index in [1.807, 2.05) is 36.4 Å². The number of aliphatic carboxylic acids is 1. The number of halogens is 1. The maximum atomic E-state index is 13.3. The van der Waals surface area contributed by atoms with Crippen molar-refractivity contribution in [1.82, 2.24) is 4.98 Å². The molecule has 32 heavy (non-hydrogen) atoms. The van der Waals surface area contributed by atoms with Gasteiger partial charge in [-0.05, 0) is 42.0 Å². The second-order valence-corrected chi connectivity index (χ2v) is 7.27. The van der Waals surface area contributed by atoms with Crippen LogP contribution in [-0.4, -0.2) is 27.3 Å². The fourth-order valence-corrected chi connectivity index (χ4v) is 3.36. The average molecular weight is 432 g/mol. The van der Waals surface area contributed by atoms with E-state index < -0.39 is 23.9 Å². The lowest BCUT2D eigenvalue weighted by molar-refractivity contribution is -0.147. The Morgan fingerprint density at radius 3 is 2.56 bits per heavy atom. The molecule has 3 N–H and O–H groups in total. The first-order valence-electron chi connectivity index (χ1n) is 10.00. The van der Waals surface area contributed by atoms with Crippen LogP contribution in [0.3, 0.4) is 0 Å². The standard InChI is InChI=1S/C25H21FN2O4/c26-18-11-8-17(9-12-18)23(24(29)25(30)31)28-19-5-3-6-21(14-19)32-15-20-13-10-16-4-1-2-7-22(16)27-20/h1-14,23-24,28-29H,15H2,(H,30,31). The molecule has 2 atom stereocenters. The summed E-state index contributed by atoms with van der Waals surface area (Å²) in [5, 5.41) is 23.5. The molecule has 0 fully saturated rings. The summed E-state index contributed by atoms with van der Waals surface area (Å²) in [5.74, 6) is -1.29. The van der Waals surface area contributed by atoms with E-state index in [0.717, 1.165) is 16.6 Å². The number of anilines is 1. The van der Waals surface area contributed by atoms with E-state index in [1.54, 1.807) is 24.3 Å². The van der Waals surface area contributed by atoms with Crippen molar-refractivity contribution in [2.45, 2.75) is 18.8 Å². The molecule has 3 aromatic carbocycles. The average Bonchev–Trinajstić information content (AvgIpc) is 2.81. The van der Waals surface area contributed by atoms with Crippen molar-refractivity contribution in [2.75, 3.05) is 5.32 Å². The molecule has 0 aliphatic carbocycles. The van der Waals surface area contributed by atoms with Gasteiger partial charge in [0.1, 0.15) is 18.2 Å². The van der Waals surface area contributed by atoms with Gasteiger partial charge in [-0.25, -0.2) is 14.2 Å². The maximum absolute atomic E-state index is 13.3. The van der Waals surface area contributed by atoms with E-state index in [2.05, 4.69) is 10.3 Å². The second-order valence-electron chi connectivity index (χ2n) is 7.27. The van der Waals surface area contributed by atoms with Crippen LogP contribution in [0.4, 0.5) is 10.1 Å². The lowest BCUT2D eigenvalue weighted by Gasteiger charge is -2.23. The number of pyridine rings is 1. The van der Waals surface area contributed by atoms with E-state index in [1.165, 1.54) is 24.3 Å². The summed E-state index contributed by atoms with van der Waals surface area (Å²) in [6.45, 7) is 0.257. The highest BCUT2D eigenvalue weighted by atomic mass is 19.1. The molecule has 0 radical (unpaired) electrons. The fraction of sp³-hybridized carbons (Fsp3) is 0.120. The predicted molar refractivity (Wildman–Crippen MR) is 119 cm³/mol. The number of carboxylic acids is 1. The highest BCUT2D eigenvalue weighted by molar-refractivity contribution is 5.78. The molecule has 0 saturated carbocycles. The quantitative estimate of drug-likeness (QED) is 0.378. The lowest BCUT2D eigenvalue weighted by Crippen LogP contribution is -2.32. The maximum Gasteiger partial charge on any atom is 0.335 e. The van der Waals surface area contributed by atoms with Gasteiger partial charge in [0.15, 0.2) is 6.10 Å². The zero-order chi connectivity index (χ0) is 22.5. The molecule has 4 aromatic rings. The molecule has 2 unspecified atom stereocenters. The van der Waals surface area contributed by atoms with Gasteiger partial charge in [-0.2, -0.15) is 0 Å². The molecule has 4 rings (SSSR count). The molecule has 1 aromatic heterocycles. The van der Waals surface area contributed by atoms with E-state index in [9.17, 15) is 19.4 Å². The summed E-state index contributed by atoms with van der Waals surface area (Å²) in [6.07, 6.45) is -1.73. The van der Waals surface area contributed by atoms with Gasteiger partial charge in [-0.1, -0.05) is 42.5 Å². The second kappa shape index (κ2) is 9.45. The number of aromatic nitrogens is 1. The van der Waals surface area contributed by atoms with E-state index in [4.69, 9.17) is 4.74 Å². The molecule has 0 bridgehead atoms. The van der Waals surface area contributed by atoms with Crippen LogP contribution < -0.4 is 10.1 Å². The first-order valence-corrected chi connectivity index (χ1v) is 10.00. The highest BCUT2D eigenvalue weighted by Gasteiger charge is 2.27. The number of rotatable bonds is 8. The Balaban J connectivity index is 1.50. The third-order valence-electron chi connectivity index (χ3n) is 5.00. The van der Waals surface area contributed by atoms with Crippen LogP contribution >= 0.6 is 0 Å². The number of carboxylic acid groups (broad SMARTS) is 1. The first kappa shape index (κ1) is 21.3. The van der Waals surface area contributed by atoms with Crippen molar-refractivity contribution in [3.05, 3.63) is 102 Å². The van der Waals surface area contributed by atoms with Crippen LogP contribution in [0.25, 0.3) is 10.9 Å². The Labute approximate surface area is 183 Å². The number of ether oxygens (including phenoxy) is 1. The Hall–Kier alpha value is -3.97. The van der Waals surface area contributed by atoms with Crippen molar-refractivity contribution in [3.8, 4) is 5.75 Å². The van der Waals surface area contributed by atoms with Gasteiger partial charge in [0.05, 0.1) is 17.3 Å². The summed E-state index contributed by atoms with van der Waals surface area (Å²) in [6, 6.07) is 23.0. The molecule has 0 saturated heterocycles. The SMILES string of the molecule is O=C(O)C(O)C(Nc1cccc(OCc2ccc3ccccc3n2)c1)c1ccc(F)cc1. The number of carbonyl (C=O) groups is 1. The Kier molecular flexibility index (Phi) is 6.28. The number of para-hydroxylation sites is 1. The third kappa shape index (κ3) is 5.01. The van der Waals surface area contributed by atoms with E-state index in [0.29, 0.717) is 17.0 Å². The minimum Gasteiger partial charge on any atom is -0.487 e.